The zero-order chi connectivity index (χ0) is 26.2. The van der Waals surface area contributed by atoms with Crippen LogP contribution in [0.5, 0.6) is 0 Å². The van der Waals surface area contributed by atoms with E-state index in [-0.39, 0.29) is 5.97 Å². The number of unbranched alkanes of at least 4 members (excludes halogenated alkanes) is 1. The largest absolute Gasteiger partial charge is 0.462 e. The molecule has 4 nitrogen and oxygen atoms in total. The molecule has 0 aliphatic heterocycles. The van der Waals surface area contributed by atoms with Gasteiger partial charge in [-0.15, -0.1) is 0 Å². The van der Waals surface area contributed by atoms with Crippen LogP contribution in [0.3, 0.4) is 0 Å². The number of hydrogen-bond donors (Lipinski definition) is 1. The van der Waals surface area contributed by atoms with Crippen molar-refractivity contribution in [3.63, 3.8) is 0 Å². The number of esters is 1. The average Bonchev–Trinajstić information content (AvgIpc) is 3.80. The summed E-state index contributed by atoms with van der Waals surface area (Å²) < 4.78 is 5.54. The van der Waals surface area contributed by atoms with Crippen LogP contribution in [0, 0.1) is 5.92 Å². The van der Waals surface area contributed by atoms with E-state index < -0.39 is 0 Å². The Kier molecular flexibility index (Phi) is 8.90. The lowest BCUT2D eigenvalue weighted by Gasteiger charge is -2.20. The zero-order valence-corrected chi connectivity index (χ0v) is 22.6. The lowest BCUT2D eigenvalue weighted by Crippen LogP contribution is -2.15. The summed E-state index contributed by atoms with van der Waals surface area (Å²) in [5.74, 6) is 0.940. The summed E-state index contributed by atoms with van der Waals surface area (Å²) >= 11 is 0. The molecule has 3 aromatic rings. The van der Waals surface area contributed by atoms with E-state index in [0.29, 0.717) is 30.4 Å². The average molecular weight is 509 g/mol. The molecule has 198 valence electrons. The Hall–Kier alpha value is -3.40. The summed E-state index contributed by atoms with van der Waals surface area (Å²) in [5, 5.41) is 3.55. The number of anilines is 1. The monoisotopic (exact) mass is 508 g/mol. The first-order valence-corrected chi connectivity index (χ1v) is 14.4. The topological polar surface area (TPSA) is 51.2 Å². The Labute approximate surface area is 227 Å². The van der Waals surface area contributed by atoms with Crippen LogP contribution in [0.1, 0.15) is 89.7 Å². The van der Waals surface area contributed by atoms with Gasteiger partial charge in [0.25, 0.3) is 0 Å². The summed E-state index contributed by atoms with van der Waals surface area (Å²) in [7, 11) is 0. The molecule has 2 aliphatic rings. The van der Waals surface area contributed by atoms with E-state index in [9.17, 15) is 4.79 Å². The highest BCUT2D eigenvalue weighted by Crippen LogP contribution is 2.40. The standard InChI is InChI=1S/C34H40N2O2/c1-2-3-20-38-34(37)32-23-30(27-14-15-27)24-36-33(32)18-19-35-31-17-16-28-21-26(12-13-29(28)22-31)11-7-10-25-8-5-4-6-9-25/h4-6,8-9,12-13,16-17,22-24,26-27,35H,2-3,7,10-11,14-15,18-21H2,1H3. The first kappa shape index (κ1) is 26.2. The number of fused-ring (bicyclic) bond motifs is 1. The molecule has 2 aromatic carbocycles. The predicted octanol–water partition coefficient (Wildman–Crippen LogP) is 7.78. The van der Waals surface area contributed by atoms with Crippen molar-refractivity contribution in [1.82, 2.24) is 4.98 Å². The number of pyridine rings is 1. The van der Waals surface area contributed by atoms with Crippen LogP contribution in [0.15, 0.2) is 66.9 Å². The molecule has 1 saturated carbocycles. The van der Waals surface area contributed by atoms with Crippen molar-refractivity contribution in [2.45, 2.75) is 70.6 Å². The predicted molar refractivity (Wildman–Crippen MR) is 156 cm³/mol. The smallest absolute Gasteiger partial charge is 0.339 e. The van der Waals surface area contributed by atoms with E-state index >= 15 is 0 Å². The molecule has 0 amide bonds. The minimum absolute atomic E-state index is 0.235. The van der Waals surface area contributed by atoms with Gasteiger partial charge in [-0.1, -0.05) is 61.9 Å². The second kappa shape index (κ2) is 12.9. The van der Waals surface area contributed by atoms with Crippen molar-refractivity contribution in [3.8, 4) is 0 Å². The third-order valence-corrected chi connectivity index (χ3v) is 7.74. The lowest BCUT2D eigenvalue weighted by atomic mass is 9.86. The fourth-order valence-corrected chi connectivity index (χ4v) is 5.28. The highest BCUT2D eigenvalue weighted by Gasteiger charge is 2.26. The Morgan fingerprint density at radius 2 is 1.92 bits per heavy atom. The number of benzene rings is 2. The molecule has 2 aliphatic carbocycles. The number of ether oxygens (including phenoxy) is 1. The Morgan fingerprint density at radius 1 is 1.05 bits per heavy atom. The van der Waals surface area contributed by atoms with Crippen LogP contribution in [0.25, 0.3) is 6.08 Å². The number of nitrogens with one attached hydrogen (secondary N) is 1. The maximum atomic E-state index is 12.8. The van der Waals surface area contributed by atoms with E-state index in [1.54, 1.807) is 0 Å². The first-order valence-electron chi connectivity index (χ1n) is 14.4. The number of carbonyl (C=O) groups excluding carboxylic acids is 1. The second-order valence-corrected chi connectivity index (χ2v) is 10.8. The number of allylic oxidation sites excluding steroid dienone is 1. The molecule has 1 heterocycles. The molecule has 38 heavy (non-hydrogen) atoms. The van der Waals surface area contributed by atoms with Crippen molar-refractivity contribution in [1.29, 1.82) is 0 Å². The number of nitrogens with zero attached hydrogens (tertiary/aromatic N) is 1. The van der Waals surface area contributed by atoms with Crippen LogP contribution in [-0.2, 0) is 24.0 Å². The van der Waals surface area contributed by atoms with E-state index in [0.717, 1.165) is 43.6 Å². The molecule has 1 atom stereocenters. The van der Waals surface area contributed by atoms with Gasteiger partial charge in [-0.2, -0.15) is 0 Å². The molecular formula is C34H40N2O2. The summed E-state index contributed by atoms with van der Waals surface area (Å²) in [6.45, 7) is 3.29. The third-order valence-electron chi connectivity index (χ3n) is 7.74. The zero-order valence-electron chi connectivity index (χ0n) is 22.6. The van der Waals surface area contributed by atoms with Gasteiger partial charge in [-0.3, -0.25) is 4.98 Å². The summed E-state index contributed by atoms with van der Waals surface area (Å²) in [4.78, 5) is 17.5. The number of aryl methyl sites for hydroxylation is 1. The number of rotatable bonds is 13. The number of carbonyl (C=O) groups is 1. The summed E-state index contributed by atoms with van der Waals surface area (Å²) in [6, 6.07) is 19.5. The fourth-order valence-electron chi connectivity index (χ4n) is 5.28. The number of hydrogen-bond acceptors (Lipinski definition) is 4. The van der Waals surface area contributed by atoms with E-state index in [2.05, 4.69) is 72.9 Å². The Morgan fingerprint density at radius 3 is 2.74 bits per heavy atom. The quantitative estimate of drug-likeness (QED) is 0.189. The summed E-state index contributed by atoms with van der Waals surface area (Å²) in [5.41, 5.74) is 7.90. The summed E-state index contributed by atoms with van der Waals surface area (Å²) in [6.07, 6.45) is 16.3. The second-order valence-electron chi connectivity index (χ2n) is 10.8. The van der Waals surface area contributed by atoms with E-state index in [1.165, 1.54) is 47.9 Å². The minimum atomic E-state index is -0.235. The van der Waals surface area contributed by atoms with Crippen LogP contribution in [0.4, 0.5) is 5.69 Å². The number of aromatic nitrogens is 1. The van der Waals surface area contributed by atoms with Crippen LogP contribution >= 0.6 is 0 Å². The molecule has 4 heteroatoms. The molecule has 0 saturated heterocycles. The third kappa shape index (κ3) is 7.12. The van der Waals surface area contributed by atoms with Gasteiger partial charge >= 0.3 is 5.97 Å². The van der Waals surface area contributed by atoms with E-state index in [1.807, 2.05) is 12.3 Å². The lowest BCUT2D eigenvalue weighted by molar-refractivity contribution is 0.0497. The molecule has 5 rings (SSSR count). The van der Waals surface area contributed by atoms with Crippen LogP contribution < -0.4 is 5.32 Å². The maximum Gasteiger partial charge on any atom is 0.339 e. The molecule has 1 aromatic heterocycles. The molecule has 0 radical (unpaired) electrons. The Balaban J connectivity index is 1.14. The van der Waals surface area contributed by atoms with Crippen LogP contribution in [0.2, 0.25) is 0 Å². The van der Waals surface area contributed by atoms with Crippen molar-refractivity contribution in [2.75, 3.05) is 18.5 Å². The normalized spacial score (nSPS) is 16.2. The highest BCUT2D eigenvalue weighted by molar-refractivity contribution is 5.91. The van der Waals surface area contributed by atoms with Gasteiger partial charge in [0.1, 0.15) is 0 Å². The fraction of sp³-hybridized carbons (Fsp3) is 0.412. The van der Waals surface area contributed by atoms with Crippen molar-refractivity contribution < 1.29 is 9.53 Å². The molecular weight excluding hydrogens is 468 g/mol. The maximum absolute atomic E-state index is 12.8. The molecule has 1 unspecified atom stereocenters. The van der Waals surface area contributed by atoms with Crippen molar-refractivity contribution in [3.05, 3.63) is 100 Å². The van der Waals surface area contributed by atoms with Gasteiger partial charge in [0.2, 0.25) is 0 Å². The van der Waals surface area contributed by atoms with Gasteiger partial charge in [0, 0.05) is 24.8 Å². The molecule has 0 bridgehead atoms. The van der Waals surface area contributed by atoms with Gasteiger partial charge in [0.05, 0.1) is 17.9 Å². The Bertz CT molecular complexity index is 1250. The SMILES string of the molecule is CCCCOC(=O)c1cc(C2CC2)cnc1CCNc1ccc2c(c1)C=CC(CCCc1ccccc1)C2. The van der Waals surface area contributed by atoms with Crippen molar-refractivity contribution in [2.24, 2.45) is 5.92 Å². The highest BCUT2D eigenvalue weighted by atomic mass is 16.5. The minimum Gasteiger partial charge on any atom is -0.462 e. The van der Waals surface area contributed by atoms with Gasteiger partial charge in [-0.25, -0.2) is 4.79 Å². The van der Waals surface area contributed by atoms with Gasteiger partial charge in [0.15, 0.2) is 0 Å². The van der Waals surface area contributed by atoms with E-state index in [4.69, 9.17) is 9.72 Å². The first-order chi connectivity index (χ1) is 18.7. The molecule has 1 fully saturated rings. The van der Waals surface area contributed by atoms with Crippen LogP contribution in [-0.4, -0.2) is 24.1 Å². The molecule has 0 spiro atoms. The van der Waals surface area contributed by atoms with Gasteiger partial charge in [-0.05, 0) is 97.2 Å². The van der Waals surface area contributed by atoms with Gasteiger partial charge < -0.3 is 10.1 Å². The van der Waals surface area contributed by atoms with Crippen molar-refractivity contribution >= 4 is 17.7 Å². The molecule has 1 N–H and O–H groups in total.